The molecule has 1 aromatic heterocycles. The van der Waals surface area contributed by atoms with Crippen molar-refractivity contribution in [2.45, 2.75) is 69.9 Å². The number of hydrogen-bond donors (Lipinski definition) is 4. The second-order valence-corrected chi connectivity index (χ2v) is 8.57. The molecule has 1 aromatic rings. The van der Waals surface area contributed by atoms with Crippen molar-refractivity contribution in [2.75, 3.05) is 31.5 Å². The van der Waals surface area contributed by atoms with Crippen molar-refractivity contribution in [1.82, 2.24) is 15.2 Å². The van der Waals surface area contributed by atoms with E-state index in [2.05, 4.69) is 27.7 Å². The fourth-order valence-corrected chi connectivity index (χ4v) is 4.41. The fraction of sp³-hybridized carbons (Fsp3) is 0.682. The van der Waals surface area contributed by atoms with Gasteiger partial charge in [-0.05, 0) is 63.1 Å². The molecule has 30 heavy (non-hydrogen) atoms. The maximum absolute atomic E-state index is 11.5. The molecular formula is C22H34N4O4. The van der Waals surface area contributed by atoms with Crippen molar-refractivity contribution in [3.63, 3.8) is 0 Å². The number of carboxylic acid groups (broad SMARTS) is 1. The Kier molecular flexibility index (Phi) is 7.66. The third kappa shape index (κ3) is 5.92. The Bertz CT molecular complexity index is 747. The summed E-state index contributed by atoms with van der Waals surface area (Å²) in [6.07, 6.45) is 7.21. The average Bonchev–Trinajstić information content (AvgIpc) is 2.73. The lowest BCUT2D eigenvalue weighted by Gasteiger charge is -2.41. The van der Waals surface area contributed by atoms with Gasteiger partial charge in [0.05, 0.1) is 5.60 Å². The first-order valence-corrected chi connectivity index (χ1v) is 11.0. The van der Waals surface area contributed by atoms with E-state index >= 15 is 0 Å². The van der Waals surface area contributed by atoms with Crippen LogP contribution in [0.3, 0.4) is 0 Å². The lowest BCUT2D eigenvalue weighted by molar-refractivity contribution is -0.153. The van der Waals surface area contributed by atoms with Gasteiger partial charge in [-0.1, -0.05) is 12.5 Å². The number of likely N-dealkylation sites (tertiary alicyclic amines) is 1. The highest BCUT2D eigenvalue weighted by atomic mass is 16.4. The maximum atomic E-state index is 11.5. The van der Waals surface area contributed by atoms with Crippen LogP contribution in [-0.4, -0.2) is 69.8 Å². The van der Waals surface area contributed by atoms with Gasteiger partial charge in [-0.2, -0.15) is 0 Å². The van der Waals surface area contributed by atoms with E-state index in [-0.39, 0.29) is 0 Å². The number of aryl methyl sites for hydroxylation is 2. The van der Waals surface area contributed by atoms with Crippen LogP contribution in [0, 0.1) is 0 Å². The van der Waals surface area contributed by atoms with Gasteiger partial charge in [0, 0.05) is 32.3 Å². The number of aliphatic carboxylic acids is 1. The molecule has 8 nitrogen and oxygen atoms in total. The van der Waals surface area contributed by atoms with Crippen LogP contribution in [0.1, 0.15) is 56.7 Å². The number of anilines is 1. The summed E-state index contributed by atoms with van der Waals surface area (Å²) in [5.41, 5.74) is 1.07. The van der Waals surface area contributed by atoms with Gasteiger partial charge in [0.2, 0.25) is 5.91 Å². The number of aliphatic hydroxyl groups is 1. The first-order chi connectivity index (χ1) is 14.4. The normalized spacial score (nSPS) is 19.4. The van der Waals surface area contributed by atoms with Crippen LogP contribution in [0.4, 0.5) is 5.82 Å². The summed E-state index contributed by atoms with van der Waals surface area (Å²) < 4.78 is 0. The number of nitrogens with one attached hydrogen (secondary N) is 2. The minimum Gasteiger partial charge on any atom is -0.480 e. The van der Waals surface area contributed by atoms with Gasteiger partial charge in [0.1, 0.15) is 5.82 Å². The first kappa shape index (κ1) is 22.5. The van der Waals surface area contributed by atoms with Gasteiger partial charge in [-0.25, -0.2) is 9.78 Å². The van der Waals surface area contributed by atoms with Crippen LogP contribution in [0.2, 0.25) is 0 Å². The van der Waals surface area contributed by atoms with Crippen LogP contribution in [0.15, 0.2) is 12.1 Å². The van der Waals surface area contributed by atoms with E-state index < -0.39 is 23.5 Å². The molecule has 1 saturated heterocycles. The van der Waals surface area contributed by atoms with Crippen molar-refractivity contribution in [3.05, 3.63) is 23.4 Å². The molecule has 1 atom stereocenters. The molecule has 0 spiro atoms. The summed E-state index contributed by atoms with van der Waals surface area (Å²) >= 11 is 0. The van der Waals surface area contributed by atoms with Gasteiger partial charge < -0.3 is 25.7 Å². The maximum Gasteiger partial charge on any atom is 0.329 e. The van der Waals surface area contributed by atoms with Crippen LogP contribution in [0.25, 0.3) is 0 Å². The Labute approximate surface area is 178 Å². The number of hydrogen-bond acceptors (Lipinski definition) is 6. The quantitative estimate of drug-likeness (QED) is 0.450. The van der Waals surface area contributed by atoms with Crippen molar-refractivity contribution in [3.8, 4) is 0 Å². The monoisotopic (exact) mass is 418 g/mol. The van der Waals surface area contributed by atoms with Crippen molar-refractivity contribution in [1.29, 1.82) is 0 Å². The average molecular weight is 419 g/mol. The van der Waals surface area contributed by atoms with E-state index in [0.29, 0.717) is 25.9 Å². The zero-order valence-corrected chi connectivity index (χ0v) is 17.8. The van der Waals surface area contributed by atoms with Gasteiger partial charge >= 0.3 is 5.97 Å². The minimum atomic E-state index is -1.39. The lowest BCUT2D eigenvalue weighted by Crippen LogP contribution is -2.60. The number of pyridine rings is 1. The molecule has 0 aromatic carbocycles. The first-order valence-electron chi connectivity index (χ1n) is 11.0. The molecule has 0 bridgehead atoms. The molecule has 0 aliphatic carbocycles. The summed E-state index contributed by atoms with van der Waals surface area (Å²) in [5.74, 6) is -0.576. The highest BCUT2D eigenvalue weighted by Crippen LogP contribution is 2.26. The molecule has 0 radical (unpaired) electrons. The molecule has 3 heterocycles. The molecule has 1 amide bonds. The van der Waals surface area contributed by atoms with Crippen molar-refractivity contribution >= 4 is 17.7 Å². The van der Waals surface area contributed by atoms with E-state index in [1.54, 1.807) is 0 Å². The van der Waals surface area contributed by atoms with Crippen LogP contribution in [0.5, 0.6) is 0 Å². The summed E-state index contributed by atoms with van der Waals surface area (Å²) in [6.45, 7) is 4.49. The van der Waals surface area contributed by atoms with Gasteiger partial charge in [0.15, 0.2) is 6.04 Å². The van der Waals surface area contributed by atoms with Gasteiger partial charge in [-0.15, -0.1) is 0 Å². The number of fused-ring (bicyclic) bond motifs is 1. The summed E-state index contributed by atoms with van der Waals surface area (Å²) in [5, 5.41) is 25.9. The third-order valence-corrected chi connectivity index (χ3v) is 6.21. The SMILES string of the molecule is CC(=O)N[C@@H](C(=O)O)C1(O)CCN(CCCCCc2ccc3c(n2)NCCC3)CC1. The number of carboxylic acids is 1. The largest absolute Gasteiger partial charge is 0.480 e. The third-order valence-electron chi connectivity index (χ3n) is 6.21. The second-order valence-electron chi connectivity index (χ2n) is 8.57. The van der Waals surface area contributed by atoms with Gasteiger partial charge in [0.25, 0.3) is 0 Å². The fourth-order valence-electron chi connectivity index (χ4n) is 4.41. The number of nitrogens with zero attached hydrogens (tertiary/aromatic N) is 2. The molecule has 2 aliphatic heterocycles. The molecule has 2 aliphatic rings. The van der Waals surface area contributed by atoms with Crippen LogP contribution >= 0.6 is 0 Å². The van der Waals surface area contributed by atoms with Crippen LogP contribution in [-0.2, 0) is 22.4 Å². The van der Waals surface area contributed by atoms with Crippen LogP contribution < -0.4 is 10.6 Å². The number of aromatic nitrogens is 1. The Morgan fingerprint density at radius 3 is 2.73 bits per heavy atom. The van der Waals surface area contributed by atoms with E-state index in [4.69, 9.17) is 4.98 Å². The number of carbonyl (C=O) groups is 2. The van der Waals surface area contributed by atoms with E-state index in [0.717, 1.165) is 56.7 Å². The Hall–Kier alpha value is -2.19. The molecular weight excluding hydrogens is 384 g/mol. The summed E-state index contributed by atoms with van der Waals surface area (Å²) in [7, 11) is 0. The number of carbonyl (C=O) groups excluding carboxylic acids is 1. The predicted molar refractivity (Wildman–Crippen MR) is 114 cm³/mol. The highest BCUT2D eigenvalue weighted by Gasteiger charge is 2.44. The number of amides is 1. The van der Waals surface area contributed by atoms with E-state index in [1.807, 2.05) is 0 Å². The second kappa shape index (κ2) is 10.2. The van der Waals surface area contributed by atoms with Gasteiger partial charge in [-0.3, -0.25) is 4.79 Å². The zero-order valence-electron chi connectivity index (χ0n) is 17.8. The molecule has 1 fully saturated rings. The molecule has 8 heteroatoms. The molecule has 0 saturated carbocycles. The predicted octanol–water partition coefficient (Wildman–Crippen LogP) is 1.57. The number of unbranched alkanes of at least 4 members (excludes halogenated alkanes) is 2. The van der Waals surface area contributed by atoms with Crippen molar-refractivity contribution in [2.24, 2.45) is 0 Å². The molecule has 3 rings (SSSR count). The van der Waals surface area contributed by atoms with E-state index in [1.165, 1.54) is 18.9 Å². The summed E-state index contributed by atoms with van der Waals surface area (Å²) in [4.78, 5) is 29.8. The Morgan fingerprint density at radius 1 is 1.27 bits per heavy atom. The van der Waals surface area contributed by atoms with Crippen molar-refractivity contribution < 1.29 is 19.8 Å². The smallest absolute Gasteiger partial charge is 0.329 e. The topological polar surface area (TPSA) is 115 Å². The lowest BCUT2D eigenvalue weighted by atomic mass is 9.84. The Balaban J connectivity index is 1.36. The molecule has 166 valence electrons. The number of rotatable bonds is 9. The van der Waals surface area contributed by atoms with E-state index in [9.17, 15) is 19.8 Å². The standard InChI is InChI=1S/C22H34N4O4/c1-16(27)24-19(21(28)29)22(30)10-14-26(15-11-22)13-4-2-3-7-18-9-8-17-6-5-12-23-20(17)25-18/h8-9,19,30H,2-7,10-15H2,1H3,(H,23,25)(H,24,27)(H,28,29)/t19-/m0/s1. The molecule has 4 N–H and O–H groups in total. The number of piperidine rings is 1. The molecule has 0 unspecified atom stereocenters. The minimum absolute atomic E-state index is 0.344. The highest BCUT2D eigenvalue weighted by molar-refractivity contribution is 5.83. The zero-order chi connectivity index (χ0) is 21.6. The Morgan fingerprint density at radius 2 is 2.03 bits per heavy atom. The summed E-state index contributed by atoms with van der Waals surface area (Å²) in [6, 6.07) is 3.09.